The number of anilines is 1. The predicted molar refractivity (Wildman–Crippen MR) is 96.0 cm³/mol. The van der Waals surface area contributed by atoms with Crippen LogP contribution in [0, 0.1) is 6.92 Å². The van der Waals surface area contributed by atoms with E-state index in [2.05, 4.69) is 22.4 Å². The van der Waals surface area contributed by atoms with Gasteiger partial charge in [0, 0.05) is 44.7 Å². The molecule has 2 aromatic rings. The summed E-state index contributed by atoms with van der Waals surface area (Å²) in [4.78, 5) is 28.0. The third-order valence-electron chi connectivity index (χ3n) is 4.28. The van der Waals surface area contributed by atoms with E-state index in [1.165, 1.54) is 6.92 Å². The summed E-state index contributed by atoms with van der Waals surface area (Å²) in [7, 11) is 2.06. The maximum Gasteiger partial charge on any atom is 0.253 e. The van der Waals surface area contributed by atoms with Crippen molar-refractivity contribution in [3.8, 4) is 5.69 Å². The smallest absolute Gasteiger partial charge is 0.253 e. The summed E-state index contributed by atoms with van der Waals surface area (Å²) in [5, 5.41) is 7.18. The standard InChI is InChI=1S/C18H23N5O2/c1-13-12-17(19-14(2)24)23(20-13)16-6-4-15(5-7-16)18(25)22-10-8-21(3)9-11-22/h4-7,12H,8-11H2,1-3H3,(H,19,24). The first-order valence-electron chi connectivity index (χ1n) is 8.36. The van der Waals surface area contributed by atoms with E-state index < -0.39 is 0 Å². The topological polar surface area (TPSA) is 70.5 Å². The van der Waals surface area contributed by atoms with Gasteiger partial charge in [0.15, 0.2) is 0 Å². The third kappa shape index (κ3) is 3.88. The van der Waals surface area contributed by atoms with E-state index in [4.69, 9.17) is 0 Å². The van der Waals surface area contributed by atoms with Gasteiger partial charge in [-0.15, -0.1) is 0 Å². The van der Waals surface area contributed by atoms with Gasteiger partial charge in [-0.25, -0.2) is 4.68 Å². The molecule has 1 fully saturated rings. The molecular weight excluding hydrogens is 318 g/mol. The molecule has 1 aromatic heterocycles. The predicted octanol–water partition coefficient (Wildman–Crippen LogP) is 1.53. The molecule has 1 saturated heterocycles. The third-order valence-corrected chi connectivity index (χ3v) is 4.28. The second-order valence-electron chi connectivity index (χ2n) is 6.41. The van der Waals surface area contributed by atoms with Crippen LogP contribution in [0.15, 0.2) is 30.3 Å². The minimum absolute atomic E-state index is 0.0541. The van der Waals surface area contributed by atoms with Gasteiger partial charge in [0.05, 0.1) is 11.4 Å². The molecule has 0 atom stereocenters. The van der Waals surface area contributed by atoms with E-state index in [1.54, 1.807) is 4.68 Å². The lowest BCUT2D eigenvalue weighted by Crippen LogP contribution is -2.47. The summed E-state index contributed by atoms with van der Waals surface area (Å²) in [6.07, 6.45) is 0. The van der Waals surface area contributed by atoms with E-state index in [1.807, 2.05) is 42.2 Å². The summed E-state index contributed by atoms with van der Waals surface area (Å²) in [6, 6.07) is 9.13. The number of nitrogens with zero attached hydrogens (tertiary/aromatic N) is 4. The second-order valence-corrected chi connectivity index (χ2v) is 6.41. The molecule has 1 aromatic carbocycles. The molecule has 7 nitrogen and oxygen atoms in total. The van der Waals surface area contributed by atoms with Crippen LogP contribution in [0.5, 0.6) is 0 Å². The first-order chi connectivity index (χ1) is 11.9. The van der Waals surface area contributed by atoms with E-state index in [0.29, 0.717) is 11.4 Å². The molecule has 7 heteroatoms. The monoisotopic (exact) mass is 341 g/mol. The number of nitrogens with one attached hydrogen (secondary N) is 1. The molecule has 1 aliphatic heterocycles. The fourth-order valence-electron chi connectivity index (χ4n) is 2.90. The number of carbonyl (C=O) groups is 2. The molecule has 3 rings (SSSR count). The van der Waals surface area contributed by atoms with Gasteiger partial charge in [0.25, 0.3) is 5.91 Å². The zero-order valence-electron chi connectivity index (χ0n) is 14.8. The Hall–Kier alpha value is -2.67. The van der Waals surface area contributed by atoms with E-state index in [0.717, 1.165) is 37.6 Å². The lowest BCUT2D eigenvalue weighted by atomic mass is 10.1. The summed E-state index contributed by atoms with van der Waals surface area (Å²) in [5.74, 6) is 0.518. The Labute approximate surface area is 147 Å². The summed E-state index contributed by atoms with van der Waals surface area (Å²) < 4.78 is 1.67. The summed E-state index contributed by atoms with van der Waals surface area (Å²) in [5.41, 5.74) is 2.27. The number of amides is 2. The summed E-state index contributed by atoms with van der Waals surface area (Å²) >= 11 is 0. The van der Waals surface area contributed by atoms with Gasteiger partial charge in [-0.1, -0.05) is 0 Å². The number of piperazine rings is 1. The van der Waals surface area contributed by atoms with Crippen molar-refractivity contribution < 1.29 is 9.59 Å². The quantitative estimate of drug-likeness (QED) is 0.919. The van der Waals surface area contributed by atoms with Crippen LogP contribution < -0.4 is 5.32 Å². The van der Waals surface area contributed by atoms with Crippen molar-refractivity contribution in [1.29, 1.82) is 0 Å². The number of benzene rings is 1. The van der Waals surface area contributed by atoms with Gasteiger partial charge in [0.1, 0.15) is 5.82 Å². The zero-order valence-corrected chi connectivity index (χ0v) is 14.8. The van der Waals surface area contributed by atoms with Crippen LogP contribution in [-0.2, 0) is 4.79 Å². The minimum atomic E-state index is -0.150. The molecule has 0 spiro atoms. The molecule has 25 heavy (non-hydrogen) atoms. The maximum absolute atomic E-state index is 12.6. The van der Waals surface area contributed by atoms with Crippen molar-refractivity contribution in [3.63, 3.8) is 0 Å². The van der Waals surface area contributed by atoms with Crippen molar-refractivity contribution in [3.05, 3.63) is 41.6 Å². The second kappa shape index (κ2) is 7.06. The molecule has 0 radical (unpaired) electrons. The Morgan fingerprint density at radius 3 is 2.32 bits per heavy atom. The normalized spacial score (nSPS) is 15.2. The number of aryl methyl sites for hydroxylation is 1. The number of carbonyl (C=O) groups excluding carboxylic acids is 2. The molecule has 132 valence electrons. The molecule has 2 heterocycles. The van der Waals surface area contributed by atoms with E-state index in [-0.39, 0.29) is 11.8 Å². The van der Waals surface area contributed by atoms with E-state index in [9.17, 15) is 9.59 Å². The number of aromatic nitrogens is 2. The van der Waals surface area contributed by atoms with Gasteiger partial charge in [0.2, 0.25) is 5.91 Å². The SMILES string of the molecule is CC(=O)Nc1cc(C)nn1-c1ccc(C(=O)N2CCN(C)CC2)cc1. The molecule has 0 unspecified atom stereocenters. The highest BCUT2D eigenvalue weighted by Crippen LogP contribution is 2.18. The molecular formula is C18H23N5O2. The van der Waals surface area contributed by atoms with Crippen LogP contribution in [0.4, 0.5) is 5.82 Å². The Morgan fingerprint density at radius 1 is 1.08 bits per heavy atom. The average Bonchev–Trinajstić information content (AvgIpc) is 2.94. The fourth-order valence-corrected chi connectivity index (χ4v) is 2.90. The van der Waals surface area contributed by atoms with Gasteiger partial charge < -0.3 is 15.1 Å². The number of hydrogen-bond acceptors (Lipinski definition) is 4. The van der Waals surface area contributed by atoms with Gasteiger partial charge in [-0.05, 0) is 38.2 Å². The Bertz CT molecular complexity index is 773. The number of hydrogen-bond donors (Lipinski definition) is 1. The largest absolute Gasteiger partial charge is 0.336 e. The Balaban J connectivity index is 1.79. The van der Waals surface area contributed by atoms with Crippen molar-refractivity contribution in [1.82, 2.24) is 19.6 Å². The van der Waals surface area contributed by atoms with Crippen molar-refractivity contribution in [2.45, 2.75) is 13.8 Å². The summed E-state index contributed by atoms with van der Waals surface area (Å²) in [6.45, 7) is 6.63. The van der Waals surface area contributed by atoms with Crippen LogP contribution in [0.2, 0.25) is 0 Å². The Kier molecular flexibility index (Phi) is 4.85. The molecule has 1 N–H and O–H groups in total. The highest BCUT2D eigenvalue weighted by molar-refractivity contribution is 5.94. The van der Waals surface area contributed by atoms with Crippen LogP contribution in [-0.4, -0.2) is 64.6 Å². The molecule has 1 aliphatic rings. The van der Waals surface area contributed by atoms with E-state index >= 15 is 0 Å². The average molecular weight is 341 g/mol. The van der Waals surface area contributed by atoms with Crippen LogP contribution >= 0.6 is 0 Å². The number of likely N-dealkylation sites (N-methyl/N-ethyl adjacent to an activating group) is 1. The minimum Gasteiger partial charge on any atom is -0.336 e. The lowest BCUT2D eigenvalue weighted by Gasteiger charge is -2.32. The van der Waals surface area contributed by atoms with Gasteiger partial charge in [-0.2, -0.15) is 5.10 Å². The van der Waals surface area contributed by atoms with Crippen LogP contribution in [0.3, 0.4) is 0 Å². The van der Waals surface area contributed by atoms with Gasteiger partial charge >= 0.3 is 0 Å². The molecule has 0 bridgehead atoms. The van der Waals surface area contributed by atoms with Gasteiger partial charge in [-0.3, -0.25) is 9.59 Å². The molecule has 0 aliphatic carbocycles. The Morgan fingerprint density at radius 2 is 1.72 bits per heavy atom. The van der Waals surface area contributed by atoms with Crippen molar-refractivity contribution in [2.75, 3.05) is 38.5 Å². The molecule has 0 saturated carbocycles. The fraction of sp³-hybridized carbons (Fsp3) is 0.389. The first kappa shape index (κ1) is 17.2. The highest BCUT2D eigenvalue weighted by atomic mass is 16.2. The zero-order chi connectivity index (χ0) is 18.0. The number of rotatable bonds is 3. The van der Waals surface area contributed by atoms with Crippen molar-refractivity contribution in [2.24, 2.45) is 0 Å². The van der Waals surface area contributed by atoms with Crippen molar-refractivity contribution >= 4 is 17.6 Å². The first-order valence-corrected chi connectivity index (χ1v) is 8.36. The van der Waals surface area contributed by atoms with Crippen LogP contribution in [0.25, 0.3) is 5.69 Å². The van der Waals surface area contributed by atoms with Crippen LogP contribution in [0.1, 0.15) is 23.0 Å². The molecule has 2 amide bonds. The maximum atomic E-state index is 12.6. The highest BCUT2D eigenvalue weighted by Gasteiger charge is 2.20. The lowest BCUT2D eigenvalue weighted by molar-refractivity contribution is -0.114.